The van der Waals surface area contributed by atoms with Crippen LogP contribution in [0.15, 0.2) is 71.7 Å². The van der Waals surface area contributed by atoms with Crippen LogP contribution >= 0.6 is 15.9 Å². The number of quaternary nitrogens is 1. The number of piperidine rings is 1. The van der Waals surface area contributed by atoms with Crippen molar-refractivity contribution in [3.8, 4) is 0 Å². The Bertz CT molecular complexity index is 1530. The van der Waals surface area contributed by atoms with Crippen LogP contribution in [0, 0.1) is 10.1 Å². The Morgan fingerprint density at radius 3 is 2.74 bits per heavy atom. The molecule has 0 spiro atoms. The Morgan fingerprint density at radius 2 is 1.95 bits per heavy atom. The number of nitro groups is 1. The molecule has 1 fully saturated rings. The molecule has 39 heavy (non-hydrogen) atoms. The summed E-state index contributed by atoms with van der Waals surface area (Å²) in [6.07, 6.45) is 9.47. The number of rotatable bonds is 9. The average molecular weight is 592 g/mol. The Morgan fingerprint density at radius 1 is 1.10 bits per heavy atom. The molecule has 0 atom stereocenters. The molecule has 1 aliphatic rings. The highest BCUT2D eigenvalue weighted by molar-refractivity contribution is 9.10. The van der Waals surface area contributed by atoms with Gasteiger partial charge in [0.25, 0.3) is 0 Å². The molecule has 1 amide bonds. The largest absolute Gasteiger partial charge is 0.390 e. The van der Waals surface area contributed by atoms with Gasteiger partial charge in [0.05, 0.1) is 25.2 Å². The second kappa shape index (κ2) is 11.7. The quantitative estimate of drug-likeness (QED) is 0.102. The van der Waals surface area contributed by atoms with E-state index < -0.39 is 4.92 Å². The summed E-state index contributed by atoms with van der Waals surface area (Å²) < 4.78 is 1.59. The van der Waals surface area contributed by atoms with E-state index in [2.05, 4.69) is 46.5 Å². The maximum atomic E-state index is 12.8. The predicted molar refractivity (Wildman–Crippen MR) is 152 cm³/mol. The van der Waals surface area contributed by atoms with Crippen LogP contribution in [0.2, 0.25) is 0 Å². The lowest BCUT2D eigenvalue weighted by molar-refractivity contribution is -0.940. The van der Waals surface area contributed by atoms with Crippen molar-refractivity contribution in [3.63, 3.8) is 0 Å². The molecule has 0 aliphatic carbocycles. The molecule has 2 aromatic heterocycles. The van der Waals surface area contributed by atoms with Gasteiger partial charge in [-0.2, -0.15) is 0 Å². The van der Waals surface area contributed by atoms with Crippen molar-refractivity contribution >= 4 is 55.8 Å². The summed E-state index contributed by atoms with van der Waals surface area (Å²) in [7, 11) is 0. The second-order valence-electron chi connectivity index (χ2n) is 9.63. The van der Waals surface area contributed by atoms with Gasteiger partial charge >= 0.3 is 5.82 Å². The Kier molecular flexibility index (Phi) is 7.94. The van der Waals surface area contributed by atoms with E-state index in [1.165, 1.54) is 18.7 Å². The van der Waals surface area contributed by atoms with Crippen molar-refractivity contribution in [2.45, 2.75) is 25.8 Å². The van der Waals surface area contributed by atoms with Crippen LogP contribution in [0.3, 0.4) is 0 Å². The highest BCUT2D eigenvalue weighted by Crippen LogP contribution is 2.28. The number of amides is 1. The Balaban J connectivity index is 1.28. The van der Waals surface area contributed by atoms with Gasteiger partial charge in [0.1, 0.15) is 18.7 Å². The molecule has 1 aliphatic heterocycles. The summed E-state index contributed by atoms with van der Waals surface area (Å²) in [4.78, 5) is 39.2. The van der Waals surface area contributed by atoms with Crippen LogP contribution in [0.5, 0.6) is 0 Å². The van der Waals surface area contributed by atoms with Crippen LogP contribution in [-0.2, 0) is 11.3 Å². The molecule has 11 nitrogen and oxygen atoms in total. The molecule has 3 heterocycles. The van der Waals surface area contributed by atoms with E-state index in [1.54, 1.807) is 6.07 Å². The van der Waals surface area contributed by atoms with Gasteiger partial charge in [-0.3, -0.25) is 4.79 Å². The number of aromatic nitrogens is 4. The number of fused-ring (bicyclic) bond motifs is 1. The van der Waals surface area contributed by atoms with E-state index in [9.17, 15) is 14.9 Å². The third-order valence-corrected chi connectivity index (χ3v) is 7.37. The number of nitrogens with zero attached hydrogens (tertiary/aromatic N) is 5. The minimum absolute atomic E-state index is 0.131. The van der Waals surface area contributed by atoms with E-state index in [0.29, 0.717) is 34.8 Å². The number of carbonyl (C=O) groups excluding carboxylic acids is 1. The zero-order valence-corrected chi connectivity index (χ0v) is 22.7. The summed E-state index contributed by atoms with van der Waals surface area (Å²) in [5.41, 5.74) is 2.77. The first-order valence-corrected chi connectivity index (χ1v) is 13.5. The van der Waals surface area contributed by atoms with Gasteiger partial charge in [0.15, 0.2) is 5.69 Å². The number of benzene rings is 2. The van der Waals surface area contributed by atoms with Crippen molar-refractivity contribution < 1.29 is 14.2 Å². The fourth-order valence-electron chi connectivity index (χ4n) is 5.02. The fraction of sp³-hybridized carbons (Fsp3) is 0.259. The summed E-state index contributed by atoms with van der Waals surface area (Å²) >= 11 is 3.48. The van der Waals surface area contributed by atoms with E-state index in [-0.39, 0.29) is 11.7 Å². The third kappa shape index (κ3) is 6.47. The van der Waals surface area contributed by atoms with Gasteiger partial charge < -0.3 is 30.2 Å². The highest BCUT2D eigenvalue weighted by atomic mass is 79.9. The minimum Gasteiger partial charge on any atom is -0.358 e. The molecule has 0 bridgehead atoms. The molecular weight excluding hydrogens is 564 g/mol. The van der Waals surface area contributed by atoms with Crippen LogP contribution in [0.1, 0.15) is 25.0 Å². The molecule has 12 heteroatoms. The SMILES string of the molecule is O=C(/C=C/C[N+]1(Cc2[nH]cnc2[N+](=O)[O-])CCCCC1)Nc1ccc2ncnc(Nc3cccc(Br)c3)c2c1. The third-order valence-electron chi connectivity index (χ3n) is 6.88. The van der Waals surface area contributed by atoms with E-state index >= 15 is 0 Å². The summed E-state index contributed by atoms with van der Waals surface area (Å²) in [5, 5.41) is 18.4. The smallest absolute Gasteiger partial charge is 0.358 e. The monoisotopic (exact) mass is 591 g/mol. The fourth-order valence-corrected chi connectivity index (χ4v) is 5.41. The van der Waals surface area contributed by atoms with Crippen molar-refractivity contribution in [1.82, 2.24) is 19.9 Å². The molecule has 3 N–H and O–H groups in total. The van der Waals surface area contributed by atoms with Crippen molar-refractivity contribution in [1.29, 1.82) is 0 Å². The number of hydrogen-bond donors (Lipinski definition) is 3. The van der Waals surface area contributed by atoms with Gasteiger partial charge in [-0.1, -0.05) is 22.0 Å². The van der Waals surface area contributed by atoms with Gasteiger partial charge in [0, 0.05) is 27.3 Å². The number of H-pyrrole nitrogens is 1. The normalized spacial score (nSPS) is 14.9. The topological polar surface area (TPSA) is 139 Å². The van der Waals surface area contributed by atoms with Crippen molar-refractivity contribution in [2.75, 3.05) is 30.3 Å². The van der Waals surface area contributed by atoms with Crippen LogP contribution < -0.4 is 10.6 Å². The first-order chi connectivity index (χ1) is 18.9. The van der Waals surface area contributed by atoms with Crippen LogP contribution in [0.4, 0.5) is 23.0 Å². The first-order valence-electron chi connectivity index (χ1n) is 12.7. The average Bonchev–Trinajstić information content (AvgIpc) is 3.38. The molecule has 200 valence electrons. The number of hydrogen-bond acceptors (Lipinski definition) is 7. The standard InChI is InChI=1S/C27H27BrN8O3/c28-19-6-4-7-20(14-19)34-26-22-15-21(9-10-23(22)29-17-31-26)33-25(37)8-5-13-36(11-2-1-3-12-36)16-24-27(35(38)39)32-18-30-24/h4-10,14-15,17-18H,1-3,11-13,16H2,(H2-,29,30,31,32,33,34,37)/p+1/b8-5+. The lowest BCUT2D eigenvalue weighted by Gasteiger charge is -2.40. The number of carbonyl (C=O) groups is 1. The molecule has 2 aromatic carbocycles. The second-order valence-corrected chi connectivity index (χ2v) is 10.5. The van der Waals surface area contributed by atoms with Crippen molar-refractivity contribution in [2.24, 2.45) is 0 Å². The van der Waals surface area contributed by atoms with E-state index in [0.717, 1.165) is 53.4 Å². The number of aromatic amines is 1. The zero-order chi connectivity index (χ0) is 27.2. The lowest BCUT2D eigenvalue weighted by Crippen LogP contribution is -2.51. The van der Waals surface area contributed by atoms with Crippen LogP contribution in [0.25, 0.3) is 10.9 Å². The highest BCUT2D eigenvalue weighted by Gasteiger charge is 2.33. The van der Waals surface area contributed by atoms with E-state index in [4.69, 9.17) is 0 Å². The zero-order valence-electron chi connectivity index (χ0n) is 21.1. The minimum atomic E-state index is -0.454. The first kappa shape index (κ1) is 26.4. The maximum absolute atomic E-state index is 12.8. The lowest BCUT2D eigenvalue weighted by atomic mass is 10.1. The van der Waals surface area contributed by atoms with Gasteiger partial charge in [0.2, 0.25) is 12.2 Å². The van der Waals surface area contributed by atoms with Gasteiger partial charge in [-0.05, 0) is 71.6 Å². The Hall–Kier alpha value is -4.16. The number of imidazole rings is 1. The number of halogens is 1. The molecule has 0 saturated carbocycles. The molecule has 0 radical (unpaired) electrons. The van der Waals surface area contributed by atoms with Gasteiger partial charge in [-0.25, -0.2) is 9.97 Å². The molecular formula is C27H28BrN8O3+. The summed E-state index contributed by atoms with van der Waals surface area (Å²) in [6, 6.07) is 13.3. The molecule has 5 rings (SSSR count). The number of nitrogens with one attached hydrogen (secondary N) is 3. The summed E-state index contributed by atoms with van der Waals surface area (Å²) in [6.45, 7) is 2.84. The van der Waals surface area contributed by atoms with E-state index in [1.807, 2.05) is 42.5 Å². The van der Waals surface area contributed by atoms with Gasteiger partial charge in [-0.15, -0.1) is 0 Å². The number of likely N-dealkylation sites (tertiary alicyclic amines) is 1. The molecule has 0 unspecified atom stereocenters. The Labute approximate surface area is 233 Å². The maximum Gasteiger partial charge on any atom is 0.390 e. The predicted octanol–water partition coefficient (Wildman–Crippen LogP) is 5.46. The molecule has 4 aromatic rings. The van der Waals surface area contributed by atoms with Crippen molar-refractivity contribution in [3.05, 3.63) is 87.6 Å². The number of anilines is 3. The summed E-state index contributed by atoms with van der Waals surface area (Å²) in [5.74, 6) is 0.249. The molecule has 1 saturated heterocycles. The van der Waals surface area contributed by atoms with Crippen LogP contribution in [-0.4, -0.2) is 54.9 Å².